The van der Waals surface area contributed by atoms with Crippen LogP contribution in [0.2, 0.25) is 0 Å². The van der Waals surface area contributed by atoms with Crippen molar-refractivity contribution < 1.29 is 93.6 Å². The topological polar surface area (TPSA) is 106 Å². The molecule has 41 heavy (non-hydrogen) atoms. The minimum absolute atomic E-state index is 0.0136. The van der Waals surface area contributed by atoms with E-state index >= 15 is 0 Å². The number of hydrogen-bond acceptors (Lipinski definition) is 7. The third kappa shape index (κ3) is 4.38. The molecule has 1 aromatic carbocycles. The molecule has 2 aliphatic carbocycles. The third-order valence-corrected chi connectivity index (χ3v) is 26.2. The molecule has 1 unspecified atom stereocenters. The van der Waals surface area contributed by atoms with Gasteiger partial charge in [-0.2, -0.15) is 0 Å². The Bertz CT molecular complexity index is 1280. The Morgan fingerprint density at radius 1 is 1.24 bits per heavy atom. The average molecular weight is 910 g/mol. The fourth-order valence-electron chi connectivity index (χ4n) is 8.18. The molecule has 0 radical (unpaired) electrons. The summed E-state index contributed by atoms with van der Waals surface area (Å²) in [5, 5.41) is 21.7. The summed E-state index contributed by atoms with van der Waals surface area (Å²) in [4.78, 5) is 31.4. The first-order valence-electron chi connectivity index (χ1n) is 14.3. The van der Waals surface area contributed by atoms with Crippen LogP contribution in [-0.2, 0) is 14.9 Å². The summed E-state index contributed by atoms with van der Waals surface area (Å²) >= 11 is -5.55. The van der Waals surface area contributed by atoms with Crippen LogP contribution in [-0.4, -0.2) is 76.2 Å². The molecule has 8 nitrogen and oxygen atoms in total. The SMILES string of the molecule is CO[I-]1(C)[C@@H]([C@](C)(O)C(C)(C)C)C[C@]2([I-]C)[C@H]3Cc4ccc(OC(=O)[I-]C(=O)O)c5c4[C@@]2(CCN3CC2CC2)[C@H]1O5. The van der Waals surface area contributed by atoms with Gasteiger partial charge >= 0.3 is 271 Å². The van der Waals surface area contributed by atoms with E-state index in [1.807, 2.05) is 20.1 Å². The average Bonchev–Trinajstić information content (AvgIpc) is 3.63. The van der Waals surface area contributed by atoms with Crippen molar-refractivity contribution in [3.05, 3.63) is 23.3 Å². The van der Waals surface area contributed by atoms with Gasteiger partial charge in [0.25, 0.3) is 0 Å². The zero-order valence-corrected chi connectivity index (χ0v) is 31.4. The maximum atomic E-state index is 12.6. The fraction of sp³-hybridized carbons (Fsp3) is 0.733. The Morgan fingerprint density at radius 3 is 2.54 bits per heavy atom. The summed E-state index contributed by atoms with van der Waals surface area (Å²) in [7, 11) is 1.82. The van der Waals surface area contributed by atoms with Gasteiger partial charge in [0, 0.05) is 0 Å². The number of ether oxygens (including phenoxy) is 2. The normalized spacial score (nSPS) is 38.9. The van der Waals surface area contributed by atoms with Gasteiger partial charge in [-0.15, -0.1) is 0 Å². The standard InChI is InChI=1S/C30H43I3NO7/c1-27(2,3)28(4,38)20-15-30(31-5)21-14-18-10-11-19(40-26(37)32-25(35)36)23-22(18)29(30,24(41-23)33(20,6)39-7)12-13-34(21)16-17-8-9-17/h10-11,17,20-21,24,38H,8-9,12-16H2,1-7H3,(H,35,36)/q-3/t20-,21-,24-,28+,29+,30+/m1/s1. The number of piperidine rings is 1. The van der Waals surface area contributed by atoms with Crippen molar-refractivity contribution in [3.8, 4) is 11.5 Å². The van der Waals surface area contributed by atoms with E-state index in [1.54, 1.807) is 0 Å². The molecule has 0 aromatic heterocycles. The van der Waals surface area contributed by atoms with E-state index in [0.717, 1.165) is 38.3 Å². The molecule has 3 aliphatic heterocycles. The van der Waals surface area contributed by atoms with Crippen molar-refractivity contribution in [2.24, 2.45) is 11.3 Å². The molecule has 7 atom stereocenters. The van der Waals surface area contributed by atoms with Crippen LogP contribution in [0.25, 0.3) is 0 Å². The van der Waals surface area contributed by atoms with Gasteiger partial charge in [0.2, 0.25) is 0 Å². The molecule has 3 fully saturated rings. The van der Waals surface area contributed by atoms with E-state index in [4.69, 9.17) is 12.5 Å². The zero-order valence-electron chi connectivity index (χ0n) is 24.9. The maximum absolute atomic E-state index is 12.6. The molecule has 234 valence electrons. The van der Waals surface area contributed by atoms with Crippen molar-refractivity contribution in [2.45, 2.75) is 88.3 Å². The summed E-state index contributed by atoms with van der Waals surface area (Å²) in [6.07, 6.45) is 5.47. The predicted molar refractivity (Wildman–Crippen MR) is 143 cm³/mol. The molecule has 1 saturated carbocycles. The quantitative estimate of drug-likeness (QED) is 0.153. The van der Waals surface area contributed by atoms with Crippen molar-refractivity contribution in [2.75, 3.05) is 30.1 Å². The Balaban J connectivity index is 1.57. The first-order chi connectivity index (χ1) is 19.2. The van der Waals surface area contributed by atoms with Crippen LogP contribution in [0.5, 0.6) is 11.5 Å². The van der Waals surface area contributed by atoms with Crippen LogP contribution >= 0.6 is 0 Å². The van der Waals surface area contributed by atoms with Gasteiger partial charge < -0.3 is 0 Å². The van der Waals surface area contributed by atoms with Crippen molar-refractivity contribution in [1.29, 1.82) is 0 Å². The van der Waals surface area contributed by atoms with Crippen LogP contribution in [0.4, 0.5) is 9.59 Å². The Labute approximate surface area is 268 Å². The number of likely N-dealkylation sites (tertiary alicyclic amines) is 1. The van der Waals surface area contributed by atoms with Gasteiger partial charge in [-0.25, -0.2) is 0 Å². The van der Waals surface area contributed by atoms with Gasteiger partial charge in [0.1, 0.15) is 0 Å². The second-order valence-electron chi connectivity index (χ2n) is 13.6. The molecule has 1 spiro atoms. The number of aliphatic hydroxyl groups is 1. The molecule has 0 amide bonds. The van der Waals surface area contributed by atoms with Crippen molar-refractivity contribution >= 4 is 7.95 Å². The summed E-state index contributed by atoms with van der Waals surface area (Å²) < 4.78 is 17.6. The first-order valence-corrected chi connectivity index (χ1v) is 25.2. The number of alkyl halides is 5. The molecule has 2 N–H and O–H groups in total. The summed E-state index contributed by atoms with van der Waals surface area (Å²) in [5.41, 5.74) is 0.907. The zero-order chi connectivity index (χ0) is 29.8. The summed E-state index contributed by atoms with van der Waals surface area (Å²) in [5.74, 6) is 1.77. The number of carboxylic acid groups (broad SMARTS) is 1. The second-order valence-corrected chi connectivity index (χ2v) is 27.6. The number of nitrogens with zero attached hydrogens (tertiary/aromatic N) is 1. The third-order valence-electron chi connectivity index (χ3n) is 10.9. The molecule has 2 bridgehead atoms. The van der Waals surface area contributed by atoms with Gasteiger partial charge in [0.15, 0.2) is 0 Å². The van der Waals surface area contributed by atoms with Crippen LogP contribution in [0.15, 0.2) is 12.1 Å². The van der Waals surface area contributed by atoms with Gasteiger partial charge in [-0.3, -0.25) is 0 Å². The minimum atomic E-state index is -3.42. The van der Waals surface area contributed by atoms with E-state index in [2.05, 4.69) is 41.6 Å². The Hall–Kier alpha value is 0.0300. The van der Waals surface area contributed by atoms with Gasteiger partial charge in [-0.1, -0.05) is 0 Å². The van der Waals surface area contributed by atoms with Crippen LogP contribution in [0, 0.1) is 11.3 Å². The molecule has 2 saturated heterocycles. The number of benzene rings is 1. The number of halogens is 3. The molecule has 11 heteroatoms. The van der Waals surface area contributed by atoms with Gasteiger partial charge in [-0.05, 0) is 0 Å². The van der Waals surface area contributed by atoms with Crippen LogP contribution in [0.3, 0.4) is 0 Å². The molecular formula is C30H43I3NO7-3. The number of rotatable bonds is 8. The van der Waals surface area contributed by atoms with Crippen molar-refractivity contribution in [1.82, 2.24) is 4.90 Å². The van der Waals surface area contributed by atoms with E-state index < -0.39 is 53.6 Å². The first kappa shape index (κ1) is 31.0. The molecule has 1 aromatic rings. The molecule has 6 rings (SSSR count). The number of carbonyl (C=O) groups excluding carboxylic acids is 1. The monoisotopic (exact) mass is 910 g/mol. The van der Waals surface area contributed by atoms with Crippen LogP contribution < -0.4 is 70.7 Å². The summed E-state index contributed by atoms with van der Waals surface area (Å²) in [6, 6.07) is 4.30. The van der Waals surface area contributed by atoms with Crippen LogP contribution in [0.1, 0.15) is 64.5 Å². The van der Waals surface area contributed by atoms with Gasteiger partial charge in [0.05, 0.1) is 0 Å². The second kappa shape index (κ2) is 10.3. The van der Waals surface area contributed by atoms with E-state index in [9.17, 15) is 19.8 Å². The number of hydrogen-bond donors (Lipinski definition) is 2. The molecule has 5 aliphatic rings. The fourth-order valence-corrected chi connectivity index (χ4v) is 25.2. The predicted octanol–water partition coefficient (Wildman–Crippen LogP) is -4.67. The Morgan fingerprint density at radius 2 is 1.95 bits per heavy atom. The number of carbonyl (C=O) groups is 2. The van der Waals surface area contributed by atoms with E-state index in [-0.39, 0.29) is 43.5 Å². The van der Waals surface area contributed by atoms with E-state index in [1.165, 1.54) is 24.0 Å². The molecule has 3 heterocycles. The van der Waals surface area contributed by atoms with Crippen molar-refractivity contribution in [3.63, 3.8) is 0 Å². The Kier molecular flexibility index (Phi) is 7.78. The molecular weight excluding hydrogens is 867 g/mol. The van der Waals surface area contributed by atoms with E-state index in [0.29, 0.717) is 17.5 Å². The summed E-state index contributed by atoms with van der Waals surface area (Å²) in [6.45, 7) is 10.6.